The van der Waals surface area contributed by atoms with Crippen LogP contribution in [-0.4, -0.2) is 0 Å². The van der Waals surface area contributed by atoms with Gasteiger partial charge >= 0.3 is 0 Å². The van der Waals surface area contributed by atoms with Crippen LogP contribution in [-0.2, 0) is 0 Å². The summed E-state index contributed by atoms with van der Waals surface area (Å²) in [6.07, 6.45) is 4.14. The minimum absolute atomic E-state index is 0.540. The van der Waals surface area contributed by atoms with Crippen LogP contribution in [0.25, 0.3) is 6.08 Å². The van der Waals surface area contributed by atoms with Gasteiger partial charge < -0.3 is 0 Å². The molecule has 0 aliphatic rings. The molecule has 0 fully saturated rings. The molecule has 0 bridgehead atoms. The summed E-state index contributed by atoms with van der Waals surface area (Å²) in [6, 6.07) is 5.52. The van der Waals surface area contributed by atoms with Crippen molar-refractivity contribution in [3.05, 3.63) is 39.9 Å². The summed E-state index contributed by atoms with van der Waals surface area (Å²) >= 11 is 11.7. The topological polar surface area (TPSA) is 0 Å². The van der Waals surface area contributed by atoms with Crippen LogP contribution in [0, 0.1) is 5.92 Å². The summed E-state index contributed by atoms with van der Waals surface area (Å²) in [4.78, 5) is 0. The third kappa shape index (κ3) is 3.84. The van der Waals surface area contributed by atoms with Gasteiger partial charge in [-0.3, -0.25) is 0 Å². The number of rotatable bonds is 2. The SMILES string of the molecule is CC(C)/C=C/c1cc(Cl)cc(Cl)c1. The van der Waals surface area contributed by atoms with Crippen molar-refractivity contribution in [2.45, 2.75) is 13.8 Å². The van der Waals surface area contributed by atoms with Gasteiger partial charge in [0, 0.05) is 10.0 Å². The molecule has 0 atom stereocenters. The lowest BCUT2D eigenvalue weighted by molar-refractivity contribution is 0.836. The molecular weight excluding hydrogens is 203 g/mol. The van der Waals surface area contributed by atoms with Crippen molar-refractivity contribution in [1.82, 2.24) is 0 Å². The van der Waals surface area contributed by atoms with Crippen molar-refractivity contribution >= 4 is 29.3 Å². The highest BCUT2D eigenvalue weighted by atomic mass is 35.5. The third-order valence-corrected chi connectivity index (χ3v) is 1.99. The number of benzene rings is 1. The minimum Gasteiger partial charge on any atom is -0.0843 e. The summed E-state index contributed by atoms with van der Waals surface area (Å²) < 4.78 is 0. The van der Waals surface area contributed by atoms with E-state index in [9.17, 15) is 0 Å². The maximum atomic E-state index is 5.85. The Morgan fingerprint density at radius 3 is 2.08 bits per heavy atom. The summed E-state index contributed by atoms with van der Waals surface area (Å²) in [6.45, 7) is 4.26. The maximum Gasteiger partial charge on any atom is 0.0426 e. The molecule has 70 valence electrons. The second kappa shape index (κ2) is 4.69. The van der Waals surface area contributed by atoms with E-state index in [1.807, 2.05) is 18.2 Å². The standard InChI is InChI=1S/C11H12Cl2/c1-8(2)3-4-9-5-10(12)7-11(13)6-9/h3-8H,1-2H3/b4-3+. The van der Waals surface area contributed by atoms with Crippen LogP contribution >= 0.6 is 23.2 Å². The first-order valence-corrected chi connectivity index (χ1v) is 4.98. The monoisotopic (exact) mass is 214 g/mol. The van der Waals surface area contributed by atoms with Gasteiger partial charge in [-0.2, -0.15) is 0 Å². The van der Waals surface area contributed by atoms with Gasteiger partial charge in [-0.25, -0.2) is 0 Å². The van der Waals surface area contributed by atoms with Gasteiger partial charge in [0.1, 0.15) is 0 Å². The normalized spacial score (nSPS) is 11.5. The number of allylic oxidation sites excluding steroid dienone is 1. The zero-order chi connectivity index (χ0) is 9.84. The lowest BCUT2D eigenvalue weighted by Crippen LogP contribution is -1.78. The van der Waals surface area contributed by atoms with Gasteiger partial charge in [0.05, 0.1) is 0 Å². The molecule has 0 amide bonds. The van der Waals surface area contributed by atoms with Gasteiger partial charge in [0.15, 0.2) is 0 Å². The molecule has 2 heteroatoms. The molecule has 0 spiro atoms. The third-order valence-electron chi connectivity index (χ3n) is 1.56. The van der Waals surface area contributed by atoms with E-state index < -0.39 is 0 Å². The highest BCUT2D eigenvalue weighted by Crippen LogP contribution is 2.20. The largest absolute Gasteiger partial charge is 0.0843 e. The molecule has 0 saturated carbocycles. The molecule has 0 N–H and O–H groups in total. The first kappa shape index (κ1) is 10.6. The van der Waals surface area contributed by atoms with Crippen LogP contribution in [0.5, 0.6) is 0 Å². The van der Waals surface area contributed by atoms with Crippen molar-refractivity contribution in [2.75, 3.05) is 0 Å². The van der Waals surface area contributed by atoms with E-state index in [4.69, 9.17) is 23.2 Å². The quantitative estimate of drug-likeness (QED) is 0.672. The molecular formula is C11H12Cl2. The molecule has 0 aliphatic carbocycles. The fraction of sp³-hybridized carbons (Fsp3) is 0.273. The fourth-order valence-electron chi connectivity index (χ4n) is 0.975. The Hall–Kier alpha value is -0.460. The Morgan fingerprint density at radius 1 is 1.08 bits per heavy atom. The Kier molecular flexibility index (Phi) is 3.83. The lowest BCUT2D eigenvalue weighted by atomic mass is 10.1. The second-order valence-corrected chi connectivity index (χ2v) is 4.18. The van der Waals surface area contributed by atoms with Crippen LogP contribution in [0.4, 0.5) is 0 Å². The van der Waals surface area contributed by atoms with Crippen LogP contribution in [0.1, 0.15) is 19.4 Å². The molecule has 0 radical (unpaired) electrons. The van der Waals surface area contributed by atoms with Gasteiger partial charge in [0.25, 0.3) is 0 Å². The van der Waals surface area contributed by atoms with Crippen molar-refractivity contribution < 1.29 is 0 Å². The molecule has 0 aliphatic heterocycles. The van der Waals surface area contributed by atoms with Crippen LogP contribution in [0.3, 0.4) is 0 Å². The van der Waals surface area contributed by atoms with Crippen molar-refractivity contribution in [1.29, 1.82) is 0 Å². The second-order valence-electron chi connectivity index (χ2n) is 3.31. The Labute approximate surface area is 89.2 Å². The van der Waals surface area contributed by atoms with Crippen molar-refractivity contribution in [3.63, 3.8) is 0 Å². The Balaban J connectivity index is 2.89. The average Bonchev–Trinajstić information content (AvgIpc) is 1.99. The number of hydrogen-bond donors (Lipinski definition) is 0. The lowest BCUT2D eigenvalue weighted by Gasteiger charge is -1.98. The molecule has 0 nitrogen and oxygen atoms in total. The Morgan fingerprint density at radius 2 is 1.62 bits per heavy atom. The fourth-order valence-corrected chi connectivity index (χ4v) is 1.52. The molecule has 0 unspecified atom stereocenters. The van der Waals surface area contributed by atoms with E-state index in [0.717, 1.165) is 5.56 Å². The molecule has 1 aromatic carbocycles. The summed E-state index contributed by atoms with van der Waals surface area (Å²) in [7, 11) is 0. The van der Waals surface area contributed by atoms with Crippen LogP contribution in [0.15, 0.2) is 24.3 Å². The zero-order valence-electron chi connectivity index (χ0n) is 7.72. The van der Waals surface area contributed by atoms with E-state index in [0.29, 0.717) is 16.0 Å². The zero-order valence-corrected chi connectivity index (χ0v) is 9.23. The molecule has 0 heterocycles. The van der Waals surface area contributed by atoms with Crippen LogP contribution < -0.4 is 0 Å². The van der Waals surface area contributed by atoms with E-state index in [-0.39, 0.29) is 0 Å². The summed E-state index contributed by atoms with van der Waals surface area (Å²) in [5.74, 6) is 0.540. The van der Waals surface area contributed by atoms with Crippen LogP contribution in [0.2, 0.25) is 10.0 Å². The highest BCUT2D eigenvalue weighted by Gasteiger charge is 1.94. The molecule has 1 aromatic rings. The number of hydrogen-bond acceptors (Lipinski definition) is 0. The van der Waals surface area contributed by atoms with Gasteiger partial charge in [-0.05, 0) is 29.7 Å². The highest BCUT2D eigenvalue weighted by molar-refractivity contribution is 6.34. The van der Waals surface area contributed by atoms with E-state index in [1.54, 1.807) is 6.07 Å². The number of halogens is 2. The first-order valence-electron chi connectivity index (χ1n) is 4.22. The van der Waals surface area contributed by atoms with Gasteiger partial charge in [0.2, 0.25) is 0 Å². The minimum atomic E-state index is 0.540. The summed E-state index contributed by atoms with van der Waals surface area (Å²) in [5, 5.41) is 1.35. The molecule has 1 rings (SSSR count). The van der Waals surface area contributed by atoms with E-state index >= 15 is 0 Å². The Bertz CT molecular complexity index is 294. The smallest absolute Gasteiger partial charge is 0.0426 e. The first-order chi connectivity index (χ1) is 6.08. The van der Waals surface area contributed by atoms with Gasteiger partial charge in [-0.15, -0.1) is 0 Å². The van der Waals surface area contributed by atoms with E-state index in [1.165, 1.54) is 0 Å². The summed E-state index contributed by atoms with van der Waals surface area (Å²) in [5.41, 5.74) is 1.05. The molecule has 13 heavy (non-hydrogen) atoms. The predicted molar refractivity (Wildman–Crippen MR) is 60.3 cm³/mol. The van der Waals surface area contributed by atoms with E-state index in [2.05, 4.69) is 19.9 Å². The van der Waals surface area contributed by atoms with Crippen molar-refractivity contribution in [2.24, 2.45) is 5.92 Å². The molecule has 0 saturated heterocycles. The van der Waals surface area contributed by atoms with Gasteiger partial charge in [-0.1, -0.05) is 49.2 Å². The van der Waals surface area contributed by atoms with Crippen molar-refractivity contribution in [3.8, 4) is 0 Å². The predicted octanol–water partition coefficient (Wildman–Crippen LogP) is 4.66. The molecule has 0 aromatic heterocycles. The maximum absolute atomic E-state index is 5.85. The average molecular weight is 215 g/mol.